The van der Waals surface area contributed by atoms with E-state index in [1.165, 1.54) is 0 Å². The van der Waals surface area contributed by atoms with Crippen molar-refractivity contribution < 1.29 is 0 Å². The van der Waals surface area contributed by atoms with E-state index in [-0.39, 0.29) is 0 Å². The number of rotatable bonds is 6. The first-order chi connectivity index (χ1) is 9.60. The second kappa shape index (κ2) is 7.29. The molecule has 7 heteroatoms. The number of hydrogen-bond donors (Lipinski definition) is 2. The summed E-state index contributed by atoms with van der Waals surface area (Å²) in [5.74, 6) is 0.934. The zero-order chi connectivity index (χ0) is 14.5. The number of aromatic amines is 1. The van der Waals surface area contributed by atoms with Gasteiger partial charge in [-0.25, -0.2) is 9.97 Å². The van der Waals surface area contributed by atoms with Crippen molar-refractivity contribution in [1.82, 2.24) is 15.0 Å². The summed E-state index contributed by atoms with van der Waals surface area (Å²) in [5, 5.41) is 4.19. The first-order valence-corrected chi connectivity index (χ1v) is 7.93. The molecule has 0 bridgehead atoms. The van der Waals surface area contributed by atoms with Crippen LogP contribution in [-0.2, 0) is 13.0 Å². The Morgan fingerprint density at radius 1 is 1.35 bits per heavy atom. The van der Waals surface area contributed by atoms with E-state index >= 15 is 0 Å². The maximum atomic E-state index is 6.12. The summed E-state index contributed by atoms with van der Waals surface area (Å²) in [6.45, 7) is 2.71. The van der Waals surface area contributed by atoms with E-state index < -0.39 is 0 Å². The van der Waals surface area contributed by atoms with Crippen LogP contribution in [0.2, 0.25) is 10.3 Å². The Kier molecular flexibility index (Phi) is 5.69. The van der Waals surface area contributed by atoms with E-state index in [0.29, 0.717) is 16.9 Å². The molecule has 0 aliphatic carbocycles. The molecule has 0 saturated heterocycles. The summed E-state index contributed by atoms with van der Waals surface area (Å²) in [7, 11) is 0. The number of nitrogens with zero attached hydrogens (tertiary/aromatic N) is 2. The van der Waals surface area contributed by atoms with Gasteiger partial charge in [-0.05, 0) is 28.4 Å². The van der Waals surface area contributed by atoms with Gasteiger partial charge in [0.25, 0.3) is 0 Å². The molecular formula is C13H15BrCl2N4. The Bertz CT molecular complexity index is 586. The Labute approximate surface area is 136 Å². The smallest absolute Gasteiger partial charge is 0.152 e. The van der Waals surface area contributed by atoms with Crippen molar-refractivity contribution in [1.29, 1.82) is 0 Å². The second-order valence-corrected chi connectivity index (χ2v) is 5.98. The fraction of sp³-hybridized carbons (Fsp3) is 0.385. The molecule has 2 aromatic heterocycles. The number of pyridine rings is 1. The van der Waals surface area contributed by atoms with Crippen molar-refractivity contribution in [3.05, 3.63) is 38.6 Å². The standard InChI is InChI=1S/C13H15BrCl2N4/c1-2-3-4-11-19-10(13(16)20-11)7-17-8-5-9(14)12(15)18-6-8/h5-6,17H,2-4,7H2,1H3,(H,19,20). The molecule has 0 spiro atoms. The molecule has 0 amide bonds. The molecule has 2 rings (SSSR count). The molecule has 0 unspecified atom stereocenters. The molecule has 0 aliphatic heterocycles. The Balaban J connectivity index is 1.99. The summed E-state index contributed by atoms with van der Waals surface area (Å²) in [5.41, 5.74) is 1.74. The van der Waals surface area contributed by atoms with Gasteiger partial charge in [-0.3, -0.25) is 0 Å². The number of halogens is 3. The molecule has 0 atom stereocenters. The van der Waals surface area contributed by atoms with Crippen molar-refractivity contribution in [2.24, 2.45) is 0 Å². The lowest BCUT2D eigenvalue weighted by atomic mass is 10.2. The number of H-pyrrole nitrogens is 1. The first kappa shape index (κ1) is 15.6. The third-order valence-corrected chi connectivity index (χ3v) is 4.26. The molecule has 4 nitrogen and oxygen atoms in total. The van der Waals surface area contributed by atoms with Crippen LogP contribution < -0.4 is 5.32 Å². The summed E-state index contributed by atoms with van der Waals surface area (Å²) >= 11 is 15.3. The normalized spacial score (nSPS) is 10.8. The fourth-order valence-electron chi connectivity index (χ4n) is 1.73. The third-order valence-electron chi connectivity index (χ3n) is 2.81. The molecule has 2 heterocycles. The van der Waals surface area contributed by atoms with Crippen LogP contribution in [0, 0.1) is 0 Å². The molecule has 0 aromatic carbocycles. The predicted octanol–water partition coefficient (Wildman–Crippen LogP) is 4.83. The van der Waals surface area contributed by atoms with Gasteiger partial charge in [-0.15, -0.1) is 0 Å². The molecule has 2 N–H and O–H groups in total. The van der Waals surface area contributed by atoms with Gasteiger partial charge in [-0.2, -0.15) is 0 Å². The van der Waals surface area contributed by atoms with Crippen LogP contribution in [0.1, 0.15) is 31.3 Å². The summed E-state index contributed by atoms with van der Waals surface area (Å²) in [6, 6.07) is 1.87. The van der Waals surface area contributed by atoms with E-state index in [4.69, 9.17) is 23.2 Å². The summed E-state index contributed by atoms with van der Waals surface area (Å²) in [4.78, 5) is 11.6. The SMILES string of the molecule is CCCCc1nc(Cl)c(CNc2cnc(Cl)c(Br)c2)[nH]1. The fourth-order valence-corrected chi connectivity index (χ4v) is 2.40. The van der Waals surface area contributed by atoms with Crippen molar-refractivity contribution >= 4 is 44.8 Å². The van der Waals surface area contributed by atoms with Gasteiger partial charge in [0.1, 0.15) is 11.0 Å². The highest BCUT2D eigenvalue weighted by atomic mass is 79.9. The zero-order valence-corrected chi connectivity index (χ0v) is 14.1. The van der Waals surface area contributed by atoms with Crippen LogP contribution in [0.3, 0.4) is 0 Å². The Morgan fingerprint density at radius 2 is 2.15 bits per heavy atom. The zero-order valence-electron chi connectivity index (χ0n) is 11.0. The molecule has 0 radical (unpaired) electrons. The number of unbranched alkanes of at least 4 members (excludes halogenated alkanes) is 1. The minimum absolute atomic E-state index is 0.442. The lowest BCUT2D eigenvalue weighted by Crippen LogP contribution is -2.01. The van der Waals surface area contributed by atoms with Crippen molar-refractivity contribution in [3.8, 4) is 0 Å². The quantitative estimate of drug-likeness (QED) is 0.709. The highest BCUT2D eigenvalue weighted by Gasteiger charge is 2.08. The van der Waals surface area contributed by atoms with Gasteiger partial charge < -0.3 is 10.3 Å². The minimum Gasteiger partial charge on any atom is -0.378 e. The second-order valence-electron chi connectivity index (χ2n) is 4.41. The monoisotopic (exact) mass is 376 g/mol. The van der Waals surface area contributed by atoms with Gasteiger partial charge in [0, 0.05) is 6.42 Å². The number of anilines is 1. The topological polar surface area (TPSA) is 53.6 Å². The van der Waals surface area contributed by atoms with Gasteiger partial charge in [0.15, 0.2) is 5.15 Å². The van der Waals surface area contributed by atoms with Crippen LogP contribution in [0.4, 0.5) is 5.69 Å². The van der Waals surface area contributed by atoms with E-state index in [1.54, 1.807) is 6.20 Å². The van der Waals surface area contributed by atoms with Crippen molar-refractivity contribution in [2.45, 2.75) is 32.7 Å². The van der Waals surface area contributed by atoms with E-state index in [0.717, 1.165) is 40.9 Å². The van der Waals surface area contributed by atoms with E-state index in [9.17, 15) is 0 Å². The van der Waals surface area contributed by atoms with Gasteiger partial charge >= 0.3 is 0 Å². The average Bonchev–Trinajstić information content (AvgIpc) is 2.78. The van der Waals surface area contributed by atoms with Crippen LogP contribution in [0.5, 0.6) is 0 Å². The largest absolute Gasteiger partial charge is 0.378 e. The maximum absolute atomic E-state index is 6.12. The van der Waals surface area contributed by atoms with Gasteiger partial charge in [0.2, 0.25) is 0 Å². The van der Waals surface area contributed by atoms with E-state index in [1.807, 2.05) is 6.07 Å². The van der Waals surface area contributed by atoms with Crippen LogP contribution in [0.15, 0.2) is 16.7 Å². The molecule has 20 heavy (non-hydrogen) atoms. The van der Waals surface area contributed by atoms with Gasteiger partial charge in [-0.1, -0.05) is 36.5 Å². The first-order valence-electron chi connectivity index (χ1n) is 6.38. The van der Waals surface area contributed by atoms with Crippen LogP contribution in [-0.4, -0.2) is 15.0 Å². The van der Waals surface area contributed by atoms with E-state index in [2.05, 4.69) is 43.1 Å². The Hall–Kier alpha value is -0.780. The number of aromatic nitrogens is 3. The summed E-state index contributed by atoms with van der Waals surface area (Å²) < 4.78 is 0.753. The average molecular weight is 378 g/mol. The minimum atomic E-state index is 0.442. The number of nitrogens with one attached hydrogen (secondary N) is 2. The highest BCUT2D eigenvalue weighted by Crippen LogP contribution is 2.23. The number of aryl methyl sites for hydroxylation is 1. The van der Waals surface area contributed by atoms with Crippen LogP contribution in [0.25, 0.3) is 0 Å². The van der Waals surface area contributed by atoms with Crippen LogP contribution >= 0.6 is 39.1 Å². The third kappa shape index (κ3) is 4.11. The molecule has 2 aromatic rings. The van der Waals surface area contributed by atoms with Gasteiger partial charge in [0.05, 0.1) is 28.6 Å². The highest BCUT2D eigenvalue weighted by molar-refractivity contribution is 9.10. The predicted molar refractivity (Wildman–Crippen MR) is 86.5 cm³/mol. The lowest BCUT2D eigenvalue weighted by Gasteiger charge is -2.05. The van der Waals surface area contributed by atoms with Crippen molar-refractivity contribution in [2.75, 3.05) is 5.32 Å². The molecule has 0 fully saturated rings. The Morgan fingerprint density at radius 3 is 2.85 bits per heavy atom. The summed E-state index contributed by atoms with van der Waals surface area (Å²) in [6.07, 6.45) is 4.83. The van der Waals surface area contributed by atoms with Crippen molar-refractivity contribution in [3.63, 3.8) is 0 Å². The molecule has 0 saturated carbocycles. The lowest BCUT2D eigenvalue weighted by molar-refractivity contribution is 0.760. The number of imidazole rings is 1. The number of hydrogen-bond acceptors (Lipinski definition) is 3. The molecular weight excluding hydrogens is 363 g/mol. The molecule has 108 valence electrons. The maximum Gasteiger partial charge on any atom is 0.152 e. The molecule has 0 aliphatic rings.